The number of amides is 3. The Labute approximate surface area is 162 Å². The van der Waals surface area contributed by atoms with E-state index >= 15 is 0 Å². The number of anilines is 1. The van der Waals surface area contributed by atoms with Crippen molar-refractivity contribution < 1.29 is 14.0 Å². The van der Waals surface area contributed by atoms with Gasteiger partial charge in [0.05, 0.1) is 19.4 Å². The zero-order valence-electron chi connectivity index (χ0n) is 15.1. The second kappa shape index (κ2) is 10.0. The highest BCUT2D eigenvalue weighted by molar-refractivity contribution is 7.99. The summed E-state index contributed by atoms with van der Waals surface area (Å²) in [5.74, 6) is 2.67. The van der Waals surface area contributed by atoms with Crippen LogP contribution < -0.4 is 16.0 Å². The predicted molar refractivity (Wildman–Crippen MR) is 107 cm³/mol. The molecule has 3 rings (SSSR count). The lowest BCUT2D eigenvalue weighted by atomic mass is 10.1. The lowest BCUT2D eigenvalue weighted by Gasteiger charge is -2.27. The molecule has 0 unspecified atom stereocenters. The third kappa shape index (κ3) is 6.33. The fourth-order valence-corrected chi connectivity index (χ4v) is 3.75. The molecule has 3 amide bonds. The Bertz CT molecular complexity index is 745. The summed E-state index contributed by atoms with van der Waals surface area (Å²) in [6.07, 6.45) is 1.55. The average molecular weight is 388 g/mol. The minimum atomic E-state index is -0.398. The van der Waals surface area contributed by atoms with Gasteiger partial charge in [0.15, 0.2) is 0 Å². The first-order valence-electron chi connectivity index (χ1n) is 8.92. The van der Waals surface area contributed by atoms with Gasteiger partial charge in [-0.15, -0.1) is 0 Å². The molecular formula is C19H24N4O3S. The molecule has 1 saturated heterocycles. The Balaban J connectivity index is 1.45. The maximum absolute atomic E-state index is 12.2. The second-order valence-corrected chi connectivity index (χ2v) is 7.43. The van der Waals surface area contributed by atoms with Gasteiger partial charge >= 0.3 is 6.03 Å². The number of nitrogens with zero attached hydrogens (tertiary/aromatic N) is 1. The standard InChI is InChI=1S/C19H24N4O3S/c24-18(20-12-16-5-3-9-26-16)13-21-19(25)22-17-6-2-1-4-15(17)14-23-7-10-27-11-8-23/h1-6,9H,7-8,10-14H2,(H,20,24)(H2,21,22,25). The largest absolute Gasteiger partial charge is 0.467 e. The molecule has 0 saturated carbocycles. The summed E-state index contributed by atoms with van der Waals surface area (Å²) >= 11 is 1.97. The van der Waals surface area contributed by atoms with Crippen molar-refractivity contribution in [1.82, 2.24) is 15.5 Å². The predicted octanol–water partition coefficient (Wildman–Crippen LogP) is 2.27. The van der Waals surface area contributed by atoms with Gasteiger partial charge in [0, 0.05) is 36.8 Å². The highest BCUT2D eigenvalue weighted by atomic mass is 32.2. The number of carbonyl (C=O) groups excluding carboxylic acids is 2. The molecule has 1 fully saturated rings. The van der Waals surface area contributed by atoms with Crippen LogP contribution in [0.1, 0.15) is 11.3 Å². The van der Waals surface area contributed by atoms with Crippen molar-refractivity contribution in [3.63, 3.8) is 0 Å². The number of urea groups is 1. The molecule has 1 aromatic carbocycles. The van der Waals surface area contributed by atoms with Crippen molar-refractivity contribution in [2.75, 3.05) is 36.5 Å². The van der Waals surface area contributed by atoms with E-state index in [2.05, 4.69) is 20.9 Å². The van der Waals surface area contributed by atoms with E-state index in [1.165, 1.54) is 0 Å². The van der Waals surface area contributed by atoms with Gasteiger partial charge in [-0.2, -0.15) is 11.8 Å². The highest BCUT2D eigenvalue weighted by Crippen LogP contribution is 2.19. The smallest absolute Gasteiger partial charge is 0.319 e. The molecule has 27 heavy (non-hydrogen) atoms. The molecule has 0 bridgehead atoms. The van der Waals surface area contributed by atoms with Crippen LogP contribution in [0.4, 0.5) is 10.5 Å². The summed E-state index contributed by atoms with van der Waals surface area (Å²) in [5.41, 5.74) is 1.84. The van der Waals surface area contributed by atoms with Gasteiger partial charge < -0.3 is 20.4 Å². The Morgan fingerprint density at radius 1 is 1.07 bits per heavy atom. The quantitative estimate of drug-likeness (QED) is 0.677. The maximum atomic E-state index is 12.2. The summed E-state index contributed by atoms with van der Waals surface area (Å²) < 4.78 is 5.14. The van der Waals surface area contributed by atoms with Gasteiger partial charge in [-0.1, -0.05) is 18.2 Å². The molecule has 8 heteroatoms. The van der Waals surface area contributed by atoms with E-state index in [0.29, 0.717) is 12.3 Å². The molecule has 0 spiro atoms. The van der Waals surface area contributed by atoms with Crippen molar-refractivity contribution in [3.05, 3.63) is 54.0 Å². The Hall–Kier alpha value is -2.45. The normalized spacial score (nSPS) is 14.5. The third-order valence-corrected chi connectivity index (χ3v) is 5.16. The Morgan fingerprint density at radius 3 is 2.67 bits per heavy atom. The van der Waals surface area contributed by atoms with Gasteiger partial charge in [0.25, 0.3) is 0 Å². The molecular weight excluding hydrogens is 364 g/mol. The van der Waals surface area contributed by atoms with E-state index < -0.39 is 6.03 Å². The van der Waals surface area contributed by atoms with Crippen molar-refractivity contribution in [2.24, 2.45) is 0 Å². The minimum Gasteiger partial charge on any atom is -0.467 e. The summed E-state index contributed by atoms with van der Waals surface area (Å²) in [6, 6.07) is 10.9. The van der Waals surface area contributed by atoms with Crippen molar-refractivity contribution in [3.8, 4) is 0 Å². The zero-order valence-corrected chi connectivity index (χ0v) is 15.9. The van der Waals surface area contributed by atoms with Crippen molar-refractivity contribution >= 4 is 29.4 Å². The van der Waals surface area contributed by atoms with Gasteiger partial charge in [0.1, 0.15) is 5.76 Å². The molecule has 0 radical (unpaired) electrons. The third-order valence-electron chi connectivity index (χ3n) is 4.21. The van der Waals surface area contributed by atoms with Crippen LogP contribution in [0.15, 0.2) is 47.1 Å². The highest BCUT2D eigenvalue weighted by Gasteiger charge is 2.14. The summed E-state index contributed by atoms with van der Waals surface area (Å²) in [6.45, 7) is 3.12. The van der Waals surface area contributed by atoms with E-state index in [-0.39, 0.29) is 12.5 Å². The summed E-state index contributed by atoms with van der Waals surface area (Å²) in [5, 5.41) is 8.11. The monoisotopic (exact) mass is 388 g/mol. The molecule has 3 N–H and O–H groups in total. The molecule has 1 aliphatic rings. The molecule has 0 atom stereocenters. The van der Waals surface area contributed by atoms with Crippen LogP contribution in [0.25, 0.3) is 0 Å². The number of furan rings is 1. The number of carbonyl (C=O) groups is 2. The summed E-state index contributed by atoms with van der Waals surface area (Å²) in [7, 11) is 0. The first-order valence-corrected chi connectivity index (χ1v) is 10.1. The van der Waals surface area contributed by atoms with Crippen LogP contribution in [0.2, 0.25) is 0 Å². The van der Waals surface area contributed by atoms with Crippen LogP contribution in [0, 0.1) is 0 Å². The van der Waals surface area contributed by atoms with Crippen LogP contribution in [0.3, 0.4) is 0 Å². The molecule has 1 aromatic heterocycles. The SMILES string of the molecule is O=C(CNC(=O)Nc1ccccc1CN1CCSCC1)NCc1ccco1. The topological polar surface area (TPSA) is 86.6 Å². The molecule has 7 nitrogen and oxygen atoms in total. The number of hydrogen-bond donors (Lipinski definition) is 3. The van der Waals surface area contributed by atoms with E-state index in [9.17, 15) is 9.59 Å². The van der Waals surface area contributed by atoms with Crippen LogP contribution in [0.5, 0.6) is 0 Å². The fourth-order valence-electron chi connectivity index (χ4n) is 2.77. The number of nitrogens with one attached hydrogen (secondary N) is 3. The van der Waals surface area contributed by atoms with E-state index in [4.69, 9.17) is 4.42 Å². The molecule has 0 aliphatic carbocycles. The zero-order chi connectivity index (χ0) is 18.9. The lowest BCUT2D eigenvalue weighted by Crippen LogP contribution is -2.39. The van der Waals surface area contributed by atoms with E-state index in [1.807, 2.05) is 36.0 Å². The van der Waals surface area contributed by atoms with Crippen LogP contribution in [-0.2, 0) is 17.9 Å². The Morgan fingerprint density at radius 2 is 1.89 bits per heavy atom. The molecule has 144 valence electrons. The lowest BCUT2D eigenvalue weighted by molar-refractivity contribution is -0.120. The van der Waals surface area contributed by atoms with E-state index in [1.54, 1.807) is 18.4 Å². The first kappa shape index (κ1) is 19.3. The van der Waals surface area contributed by atoms with E-state index in [0.717, 1.165) is 42.4 Å². The number of para-hydroxylation sites is 1. The van der Waals surface area contributed by atoms with Crippen LogP contribution >= 0.6 is 11.8 Å². The number of rotatable bonds is 7. The summed E-state index contributed by atoms with van der Waals surface area (Å²) in [4.78, 5) is 26.4. The van der Waals surface area contributed by atoms with Crippen molar-refractivity contribution in [2.45, 2.75) is 13.1 Å². The molecule has 2 heterocycles. The van der Waals surface area contributed by atoms with Crippen molar-refractivity contribution in [1.29, 1.82) is 0 Å². The number of thioether (sulfide) groups is 1. The molecule has 1 aliphatic heterocycles. The molecule has 2 aromatic rings. The van der Waals surface area contributed by atoms with Gasteiger partial charge in [0.2, 0.25) is 5.91 Å². The number of hydrogen-bond acceptors (Lipinski definition) is 5. The number of benzene rings is 1. The van der Waals surface area contributed by atoms with Gasteiger partial charge in [-0.25, -0.2) is 4.79 Å². The maximum Gasteiger partial charge on any atom is 0.319 e. The van der Waals surface area contributed by atoms with Gasteiger partial charge in [-0.05, 0) is 23.8 Å². The first-order chi connectivity index (χ1) is 13.2. The fraction of sp³-hybridized carbons (Fsp3) is 0.368. The van der Waals surface area contributed by atoms with Crippen LogP contribution in [-0.4, -0.2) is 48.0 Å². The van der Waals surface area contributed by atoms with Gasteiger partial charge in [-0.3, -0.25) is 9.69 Å². The minimum absolute atomic E-state index is 0.0991. The average Bonchev–Trinajstić information content (AvgIpc) is 3.21. The Kier molecular flexibility index (Phi) is 7.18. The second-order valence-electron chi connectivity index (χ2n) is 6.21.